The molecule has 2 aromatic carbocycles. The Morgan fingerprint density at radius 3 is 1.38 bits per heavy atom. The van der Waals surface area contributed by atoms with Crippen molar-refractivity contribution < 1.29 is 28.7 Å². The zero-order chi connectivity index (χ0) is 25.1. The largest absolute Gasteiger partial charge is 0.464 e. The predicted molar refractivity (Wildman–Crippen MR) is 135 cm³/mol. The van der Waals surface area contributed by atoms with E-state index in [0.29, 0.717) is 11.1 Å². The first-order valence-corrected chi connectivity index (χ1v) is 12.0. The maximum absolute atomic E-state index is 13.1. The molecule has 34 heavy (non-hydrogen) atoms. The lowest BCUT2D eigenvalue weighted by Gasteiger charge is -2.19. The lowest BCUT2D eigenvalue weighted by atomic mass is 9.94. The molecule has 0 aromatic heterocycles. The van der Waals surface area contributed by atoms with Gasteiger partial charge in [-0.1, -0.05) is 36.4 Å². The number of thiol groups is 2. The van der Waals surface area contributed by atoms with Gasteiger partial charge in [-0.2, -0.15) is 25.3 Å². The number of ether oxygens (including phenoxy) is 2. The molecule has 182 valence electrons. The number of hydrogen-bond donors (Lipinski definition) is 4. The molecule has 2 rings (SSSR count). The van der Waals surface area contributed by atoms with Crippen LogP contribution in [0.3, 0.4) is 0 Å². The minimum absolute atomic E-state index is 0.0602. The molecule has 0 saturated heterocycles. The van der Waals surface area contributed by atoms with E-state index >= 15 is 0 Å². The van der Waals surface area contributed by atoms with Crippen LogP contribution in [-0.4, -0.2) is 60.6 Å². The first-order chi connectivity index (χ1) is 16.4. The van der Waals surface area contributed by atoms with Crippen LogP contribution >= 0.6 is 25.3 Å². The van der Waals surface area contributed by atoms with Crippen molar-refractivity contribution in [3.8, 4) is 11.1 Å². The smallest absolute Gasteiger partial charge is 0.329 e. The third kappa shape index (κ3) is 7.01. The molecule has 0 radical (unpaired) electrons. The highest BCUT2D eigenvalue weighted by atomic mass is 32.1. The lowest BCUT2D eigenvalue weighted by molar-refractivity contribution is -0.145. The molecule has 0 saturated carbocycles. The molecule has 2 amide bonds. The highest BCUT2D eigenvalue weighted by molar-refractivity contribution is 7.80. The molecule has 2 N–H and O–H groups in total. The molecule has 0 bridgehead atoms. The van der Waals surface area contributed by atoms with Crippen LogP contribution < -0.4 is 10.6 Å². The zero-order valence-corrected chi connectivity index (χ0v) is 20.7. The van der Waals surface area contributed by atoms with Crippen LogP contribution in [0.2, 0.25) is 0 Å². The van der Waals surface area contributed by atoms with Crippen LogP contribution in [0.1, 0.15) is 34.6 Å². The van der Waals surface area contributed by atoms with Crippen molar-refractivity contribution in [2.24, 2.45) is 0 Å². The van der Waals surface area contributed by atoms with Crippen LogP contribution in [-0.2, 0) is 19.1 Å². The van der Waals surface area contributed by atoms with Gasteiger partial charge in [0.05, 0.1) is 13.2 Å². The van der Waals surface area contributed by atoms with Gasteiger partial charge >= 0.3 is 11.9 Å². The number of carbonyl (C=O) groups is 4. The summed E-state index contributed by atoms with van der Waals surface area (Å²) in [5.41, 5.74) is 1.47. The van der Waals surface area contributed by atoms with Crippen molar-refractivity contribution >= 4 is 49.0 Å². The van der Waals surface area contributed by atoms with Gasteiger partial charge in [0.2, 0.25) is 0 Å². The Kier molecular flexibility index (Phi) is 11.0. The predicted octanol–water partition coefficient (Wildman–Crippen LogP) is 2.54. The van der Waals surface area contributed by atoms with Crippen LogP contribution in [0, 0.1) is 0 Å². The quantitative estimate of drug-likeness (QED) is 0.277. The maximum atomic E-state index is 13.1. The van der Waals surface area contributed by atoms with E-state index in [0.717, 1.165) is 0 Å². The minimum Gasteiger partial charge on any atom is -0.464 e. The SMILES string of the molecule is CCOC(=O)C(CS)NC(=O)c1ccccc1-c1ccccc1C(=O)NC(CS)C(=O)OCC. The number of hydrogen-bond acceptors (Lipinski definition) is 8. The Bertz CT molecular complexity index is 949. The standard InChI is InChI=1S/C24H28N2O6S2/c1-3-31-23(29)19(13-33)25-21(27)17-11-7-5-9-15(17)16-10-6-8-12-18(16)22(28)26-20(14-34)24(30)32-4-2/h5-12,19-20,33-34H,3-4,13-14H2,1-2H3,(H,25,27)(H,26,28). The van der Waals surface area contributed by atoms with Crippen molar-refractivity contribution in [3.05, 3.63) is 59.7 Å². The Morgan fingerprint density at radius 1 is 0.706 bits per heavy atom. The average Bonchev–Trinajstić information content (AvgIpc) is 2.85. The third-order valence-electron chi connectivity index (χ3n) is 4.75. The molecule has 10 heteroatoms. The molecular weight excluding hydrogens is 476 g/mol. The van der Waals surface area contributed by atoms with Gasteiger partial charge in [0, 0.05) is 22.6 Å². The van der Waals surface area contributed by atoms with E-state index in [2.05, 4.69) is 35.9 Å². The Labute approximate surface area is 209 Å². The molecule has 0 aliphatic heterocycles. The van der Waals surface area contributed by atoms with E-state index in [-0.39, 0.29) is 35.8 Å². The van der Waals surface area contributed by atoms with Gasteiger partial charge in [0.1, 0.15) is 12.1 Å². The summed E-state index contributed by atoms with van der Waals surface area (Å²) in [4.78, 5) is 50.3. The summed E-state index contributed by atoms with van der Waals surface area (Å²) in [5, 5.41) is 5.27. The molecule has 2 atom stereocenters. The van der Waals surface area contributed by atoms with Gasteiger partial charge in [-0.05, 0) is 37.1 Å². The van der Waals surface area contributed by atoms with Crippen LogP contribution in [0.5, 0.6) is 0 Å². The summed E-state index contributed by atoms with van der Waals surface area (Å²) >= 11 is 8.27. The van der Waals surface area contributed by atoms with E-state index in [1.54, 1.807) is 62.4 Å². The van der Waals surface area contributed by atoms with Gasteiger partial charge in [-0.25, -0.2) is 9.59 Å². The first-order valence-electron chi connectivity index (χ1n) is 10.7. The highest BCUT2D eigenvalue weighted by Crippen LogP contribution is 2.27. The molecule has 0 fully saturated rings. The second-order valence-corrected chi connectivity index (χ2v) is 7.74. The molecule has 8 nitrogen and oxygen atoms in total. The monoisotopic (exact) mass is 504 g/mol. The fourth-order valence-electron chi connectivity index (χ4n) is 3.15. The number of esters is 2. The summed E-state index contributed by atoms with van der Waals surface area (Å²) in [6.45, 7) is 3.70. The summed E-state index contributed by atoms with van der Waals surface area (Å²) in [5.74, 6) is -2.08. The van der Waals surface area contributed by atoms with Crippen molar-refractivity contribution in [2.45, 2.75) is 25.9 Å². The number of rotatable bonds is 11. The minimum atomic E-state index is -0.928. The maximum Gasteiger partial charge on any atom is 0.329 e. The van der Waals surface area contributed by atoms with Crippen LogP contribution in [0.4, 0.5) is 0 Å². The van der Waals surface area contributed by atoms with E-state index in [9.17, 15) is 19.2 Å². The fraction of sp³-hybridized carbons (Fsp3) is 0.333. The third-order valence-corrected chi connectivity index (χ3v) is 5.48. The van der Waals surface area contributed by atoms with Gasteiger partial charge < -0.3 is 20.1 Å². The fourth-order valence-corrected chi connectivity index (χ4v) is 3.63. The molecule has 0 heterocycles. The Hall–Kier alpha value is -2.98. The van der Waals surface area contributed by atoms with Gasteiger partial charge in [0.15, 0.2) is 0 Å². The van der Waals surface area contributed by atoms with E-state index < -0.39 is 35.8 Å². The Morgan fingerprint density at radius 2 is 1.06 bits per heavy atom. The number of carbonyl (C=O) groups excluding carboxylic acids is 4. The molecule has 0 aliphatic rings. The van der Waals surface area contributed by atoms with Crippen molar-refractivity contribution in [1.82, 2.24) is 10.6 Å². The average molecular weight is 505 g/mol. The number of nitrogens with one attached hydrogen (secondary N) is 2. The lowest BCUT2D eigenvalue weighted by Crippen LogP contribution is -2.43. The molecular formula is C24H28N2O6S2. The second kappa shape index (κ2) is 13.7. The molecule has 0 aliphatic carbocycles. The van der Waals surface area contributed by atoms with Crippen LogP contribution in [0.15, 0.2) is 48.5 Å². The van der Waals surface area contributed by atoms with Crippen molar-refractivity contribution in [3.63, 3.8) is 0 Å². The van der Waals surface area contributed by atoms with Gasteiger partial charge in [0.25, 0.3) is 11.8 Å². The van der Waals surface area contributed by atoms with Crippen molar-refractivity contribution in [1.29, 1.82) is 0 Å². The summed E-state index contributed by atoms with van der Waals surface area (Å²) < 4.78 is 9.96. The second-order valence-electron chi connectivity index (χ2n) is 7.01. The van der Waals surface area contributed by atoms with Gasteiger partial charge in [-0.3, -0.25) is 9.59 Å². The highest BCUT2D eigenvalue weighted by Gasteiger charge is 2.25. The van der Waals surface area contributed by atoms with Crippen LogP contribution in [0.25, 0.3) is 11.1 Å². The normalized spacial score (nSPS) is 12.2. The first kappa shape index (κ1) is 27.3. The number of benzene rings is 2. The summed E-state index contributed by atoms with van der Waals surface area (Å²) in [7, 11) is 0. The van der Waals surface area contributed by atoms with E-state index in [1.165, 1.54) is 0 Å². The van der Waals surface area contributed by atoms with Crippen molar-refractivity contribution in [2.75, 3.05) is 24.7 Å². The van der Waals surface area contributed by atoms with E-state index in [1.807, 2.05) is 0 Å². The number of amides is 2. The Balaban J connectivity index is 2.38. The molecule has 2 unspecified atom stereocenters. The zero-order valence-electron chi connectivity index (χ0n) is 18.9. The van der Waals surface area contributed by atoms with Gasteiger partial charge in [-0.15, -0.1) is 0 Å². The molecule has 2 aromatic rings. The summed E-state index contributed by atoms with van der Waals surface area (Å²) in [6.07, 6.45) is 0. The summed E-state index contributed by atoms with van der Waals surface area (Å²) in [6, 6.07) is 11.5. The molecule has 0 spiro atoms. The van der Waals surface area contributed by atoms with E-state index in [4.69, 9.17) is 9.47 Å². The topological polar surface area (TPSA) is 111 Å².